The number of carbonyl (C=O) groups excluding carboxylic acids is 1. The van der Waals surface area contributed by atoms with Gasteiger partial charge in [0, 0.05) is 38.3 Å². The van der Waals surface area contributed by atoms with Gasteiger partial charge in [0.05, 0.1) is 5.69 Å². The Labute approximate surface area is 230 Å². The summed E-state index contributed by atoms with van der Waals surface area (Å²) in [7, 11) is 0. The van der Waals surface area contributed by atoms with Crippen molar-refractivity contribution in [3.8, 4) is 11.1 Å². The molecule has 1 fully saturated rings. The molecule has 3 aromatic carbocycles. The second-order valence-electron chi connectivity index (χ2n) is 11.6. The third kappa shape index (κ3) is 6.09. The van der Waals surface area contributed by atoms with E-state index in [0.29, 0.717) is 17.0 Å². The Balaban J connectivity index is 1.28. The molecule has 0 aliphatic carbocycles. The van der Waals surface area contributed by atoms with Gasteiger partial charge in [0.25, 0.3) is 0 Å². The molecular formula is C32H38N4O3. The maximum atomic E-state index is 13.1. The molecule has 0 saturated carbocycles. The van der Waals surface area contributed by atoms with Crippen molar-refractivity contribution in [3.63, 3.8) is 0 Å². The van der Waals surface area contributed by atoms with E-state index < -0.39 is 17.3 Å². The van der Waals surface area contributed by atoms with E-state index >= 15 is 0 Å². The number of amides is 1. The summed E-state index contributed by atoms with van der Waals surface area (Å²) in [6.45, 7) is 12.4. The quantitative estimate of drug-likeness (QED) is 0.321. The van der Waals surface area contributed by atoms with Gasteiger partial charge in [-0.15, -0.1) is 0 Å². The molecule has 1 aliphatic heterocycles. The van der Waals surface area contributed by atoms with Crippen LogP contribution >= 0.6 is 0 Å². The Kier molecular flexibility index (Phi) is 7.62. The van der Waals surface area contributed by atoms with E-state index in [1.54, 1.807) is 6.07 Å². The monoisotopic (exact) mass is 526 g/mol. The summed E-state index contributed by atoms with van der Waals surface area (Å²) in [5, 5.41) is 3.01. The van der Waals surface area contributed by atoms with Gasteiger partial charge in [-0.3, -0.25) is 4.90 Å². The largest absolute Gasteiger partial charge is 0.428 e. The number of anilines is 1. The first kappa shape index (κ1) is 26.8. The minimum atomic E-state index is -0.660. The van der Waals surface area contributed by atoms with Crippen LogP contribution in [0.1, 0.15) is 39.7 Å². The van der Waals surface area contributed by atoms with E-state index in [0.717, 1.165) is 49.4 Å². The number of nitrogens with zero attached hydrogens (tertiary/aromatic N) is 3. The zero-order valence-corrected chi connectivity index (χ0v) is 23.3. The molecule has 2 heterocycles. The molecule has 5 rings (SSSR count). The number of benzene rings is 3. The first-order valence-electron chi connectivity index (χ1n) is 13.8. The molecule has 7 heteroatoms. The fraction of sp³-hybridized carbons (Fsp3) is 0.375. The molecule has 0 unspecified atom stereocenters. The van der Waals surface area contributed by atoms with Gasteiger partial charge < -0.3 is 14.6 Å². The zero-order chi connectivity index (χ0) is 27.6. The highest BCUT2D eigenvalue weighted by molar-refractivity contribution is 5.94. The molecule has 1 aromatic heterocycles. The molecule has 0 spiro atoms. The lowest BCUT2D eigenvalue weighted by atomic mass is 9.93. The van der Waals surface area contributed by atoms with Crippen molar-refractivity contribution in [3.05, 3.63) is 88.9 Å². The van der Waals surface area contributed by atoms with Crippen molar-refractivity contribution in [1.82, 2.24) is 14.8 Å². The van der Waals surface area contributed by atoms with Gasteiger partial charge in [-0.1, -0.05) is 68.4 Å². The minimum Gasteiger partial charge on any atom is -0.405 e. The Morgan fingerprint density at radius 1 is 0.923 bits per heavy atom. The molecule has 0 atom stereocenters. The maximum absolute atomic E-state index is 13.1. The van der Waals surface area contributed by atoms with Crippen LogP contribution in [0, 0.1) is 5.92 Å². The second kappa shape index (κ2) is 11.1. The summed E-state index contributed by atoms with van der Waals surface area (Å²) in [5.74, 6) is -0.247. The number of piperazine rings is 1. The number of oxazole rings is 1. The van der Waals surface area contributed by atoms with Crippen molar-refractivity contribution in [2.24, 2.45) is 5.92 Å². The summed E-state index contributed by atoms with van der Waals surface area (Å²) in [5.41, 5.74) is 5.11. The molecule has 39 heavy (non-hydrogen) atoms. The first-order valence-corrected chi connectivity index (χ1v) is 13.8. The molecule has 7 nitrogen and oxygen atoms in total. The number of aromatic nitrogens is 1. The normalized spacial score (nSPS) is 14.7. The number of hydrogen-bond donors (Lipinski definition) is 1. The van der Waals surface area contributed by atoms with Crippen molar-refractivity contribution in [2.75, 3.05) is 31.1 Å². The van der Waals surface area contributed by atoms with Gasteiger partial charge in [-0.2, -0.15) is 4.57 Å². The van der Waals surface area contributed by atoms with E-state index in [1.807, 2.05) is 32.0 Å². The number of rotatable bonds is 7. The van der Waals surface area contributed by atoms with E-state index in [-0.39, 0.29) is 0 Å². The molecule has 1 N–H and O–H groups in total. The Morgan fingerprint density at radius 2 is 1.62 bits per heavy atom. The average molecular weight is 527 g/mol. The predicted molar refractivity (Wildman–Crippen MR) is 157 cm³/mol. The topological polar surface area (TPSA) is 70.7 Å². The summed E-state index contributed by atoms with van der Waals surface area (Å²) >= 11 is 0. The number of para-hydroxylation sites is 1. The van der Waals surface area contributed by atoms with Gasteiger partial charge in [0.15, 0.2) is 5.58 Å². The summed E-state index contributed by atoms with van der Waals surface area (Å²) in [4.78, 5) is 30.6. The van der Waals surface area contributed by atoms with Crippen molar-refractivity contribution >= 4 is 22.8 Å². The predicted octanol–water partition coefficient (Wildman–Crippen LogP) is 5.97. The van der Waals surface area contributed by atoms with Crippen LogP contribution in [0.25, 0.3) is 22.2 Å². The molecule has 1 amide bonds. The third-order valence-electron chi connectivity index (χ3n) is 7.31. The van der Waals surface area contributed by atoms with Crippen molar-refractivity contribution in [2.45, 2.75) is 46.2 Å². The van der Waals surface area contributed by atoms with Gasteiger partial charge in [-0.05, 0) is 61.1 Å². The fourth-order valence-electron chi connectivity index (χ4n) is 5.77. The fourth-order valence-corrected chi connectivity index (χ4v) is 5.77. The van der Waals surface area contributed by atoms with Crippen LogP contribution in [0.2, 0.25) is 0 Å². The van der Waals surface area contributed by atoms with Gasteiger partial charge in [0.1, 0.15) is 5.52 Å². The number of fused-ring (bicyclic) bond motifs is 1. The standard InChI is InChI=1S/C32H38N4O3/c1-23(2)21-32(3,4)33-30(37)36-28-15-9-14-27(29(28)39-31(36)38)35-18-16-34(17-19-35)22-24-10-8-13-26(20-24)25-11-6-5-7-12-25/h5-15,20,23H,16-19,21-22H2,1-4H3,(H,33,37). The third-order valence-corrected chi connectivity index (χ3v) is 7.31. The molecule has 1 saturated heterocycles. The highest BCUT2D eigenvalue weighted by Gasteiger charge is 2.27. The van der Waals surface area contributed by atoms with Gasteiger partial charge in [0.2, 0.25) is 0 Å². The summed E-state index contributed by atoms with van der Waals surface area (Å²) < 4.78 is 6.79. The lowest BCUT2D eigenvalue weighted by Crippen LogP contribution is -2.48. The SMILES string of the molecule is CC(C)CC(C)(C)NC(=O)n1c(=O)oc2c(N3CCN(Cc4cccc(-c5ccccc5)c4)CC3)cccc21. The molecular weight excluding hydrogens is 488 g/mol. The number of hydrogen-bond acceptors (Lipinski definition) is 5. The van der Waals surface area contributed by atoms with E-state index in [4.69, 9.17) is 4.42 Å². The zero-order valence-electron chi connectivity index (χ0n) is 23.3. The molecule has 1 aliphatic rings. The number of carbonyl (C=O) groups is 1. The Bertz CT molecular complexity index is 1490. The van der Waals surface area contributed by atoms with Crippen LogP contribution < -0.4 is 16.0 Å². The summed E-state index contributed by atoms with van der Waals surface area (Å²) in [6, 6.07) is 24.4. The highest BCUT2D eigenvalue weighted by atomic mass is 16.4. The first-order chi connectivity index (χ1) is 18.7. The van der Waals surface area contributed by atoms with E-state index in [2.05, 4.69) is 77.5 Å². The van der Waals surface area contributed by atoms with Crippen LogP contribution in [0.5, 0.6) is 0 Å². The van der Waals surface area contributed by atoms with Crippen LogP contribution in [0.4, 0.5) is 10.5 Å². The Hall–Kier alpha value is -3.84. The minimum absolute atomic E-state index is 0.413. The molecule has 0 radical (unpaired) electrons. The van der Waals surface area contributed by atoms with Crippen LogP contribution in [-0.4, -0.2) is 47.2 Å². The molecule has 4 aromatic rings. The lowest BCUT2D eigenvalue weighted by molar-refractivity contribution is 0.224. The van der Waals surface area contributed by atoms with Crippen molar-refractivity contribution in [1.29, 1.82) is 0 Å². The van der Waals surface area contributed by atoms with Crippen LogP contribution in [0.3, 0.4) is 0 Å². The smallest absolute Gasteiger partial charge is 0.405 e. The van der Waals surface area contributed by atoms with Gasteiger partial charge in [-0.25, -0.2) is 9.59 Å². The average Bonchev–Trinajstić information content (AvgIpc) is 3.25. The van der Waals surface area contributed by atoms with Crippen LogP contribution in [-0.2, 0) is 6.54 Å². The molecule has 0 bridgehead atoms. The van der Waals surface area contributed by atoms with E-state index in [9.17, 15) is 9.59 Å². The highest BCUT2D eigenvalue weighted by Crippen LogP contribution is 2.28. The van der Waals surface area contributed by atoms with Crippen LogP contribution in [0.15, 0.2) is 82.0 Å². The Morgan fingerprint density at radius 3 is 2.33 bits per heavy atom. The molecule has 204 valence electrons. The van der Waals surface area contributed by atoms with E-state index in [1.165, 1.54) is 16.7 Å². The maximum Gasteiger partial charge on any atom is 0.428 e. The lowest BCUT2D eigenvalue weighted by Gasteiger charge is -2.36. The second-order valence-corrected chi connectivity index (χ2v) is 11.6. The number of nitrogens with one attached hydrogen (secondary N) is 1. The van der Waals surface area contributed by atoms with Gasteiger partial charge >= 0.3 is 11.8 Å². The summed E-state index contributed by atoms with van der Waals surface area (Å²) in [6.07, 6.45) is 0.801. The van der Waals surface area contributed by atoms with Crippen molar-refractivity contribution < 1.29 is 9.21 Å².